The molecule has 5 nitrogen and oxygen atoms in total. The fourth-order valence-electron chi connectivity index (χ4n) is 3.14. The first-order chi connectivity index (χ1) is 13.7. The Labute approximate surface area is 175 Å². The number of ether oxygens (including phenoxy) is 1. The van der Waals surface area contributed by atoms with E-state index in [1.165, 1.54) is 10.5 Å². The van der Waals surface area contributed by atoms with Crippen molar-refractivity contribution in [1.82, 2.24) is 14.8 Å². The van der Waals surface area contributed by atoms with Crippen molar-refractivity contribution in [3.63, 3.8) is 0 Å². The summed E-state index contributed by atoms with van der Waals surface area (Å²) in [6, 6.07) is 13.8. The molecule has 140 valence electrons. The molecule has 1 aliphatic rings. The van der Waals surface area contributed by atoms with Crippen LogP contribution in [0.25, 0.3) is 11.3 Å². The van der Waals surface area contributed by atoms with Gasteiger partial charge in [-0.15, -0.1) is 11.3 Å². The fraction of sp³-hybridized carbons (Fsp3) is 0.100. The maximum absolute atomic E-state index is 6.25. The zero-order valence-corrected chi connectivity index (χ0v) is 17.3. The molecule has 4 aromatic rings. The number of aromatic nitrogens is 3. The van der Waals surface area contributed by atoms with Gasteiger partial charge in [0.2, 0.25) is 0 Å². The average molecular weight is 427 g/mol. The lowest BCUT2D eigenvalue weighted by atomic mass is 10.1. The standard InChI is InChI=1S/C20H15ClN4OS2/c1-24-17(6-7-23-24)16-11-14(21)2-4-18(16)26-15-3-5-19-13(10-15)12-25(28-19)20-22-8-9-27-20/h2-11H,12H2,1H3. The Hall–Kier alpha value is -2.48. The predicted octanol–water partition coefficient (Wildman–Crippen LogP) is 6.02. The van der Waals surface area contributed by atoms with Crippen molar-refractivity contribution in [3.8, 4) is 22.8 Å². The Bertz CT molecular complexity index is 1140. The van der Waals surface area contributed by atoms with Gasteiger partial charge in [0.15, 0.2) is 5.13 Å². The largest absolute Gasteiger partial charge is 0.457 e. The van der Waals surface area contributed by atoms with E-state index in [0.717, 1.165) is 34.4 Å². The van der Waals surface area contributed by atoms with Crippen LogP contribution in [0.4, 0.5) is 5.13 Å². The van der Waals surface area contributed by atoms with Crippen molar-refractivity contribution in [2.45, 2.75) is 11.4 Å². The molecular weight excluding hydrogens is 412 g/mol. The highest BCUT2D eigenvalue weighted by molar-refractivity contribution is 8.01. The molecule has 0 radical (unpaired) electrons. The van der Waals surface area contributed by atoms with Crippen LogP contribution in [-0.2, 0) is 13.6 Å². The summed E-state index contributed by atoms with van der Waals surface area (Å²) >= 11 is 9.59. The van der Waals surface area contributed by atoms with Gasteiger partial charge in [-0.05, 0) is 60.0 Å². The summed E-state index contributed by atoms with van der Waals surface area (Å²) in [6.45, 7) is 0.805. The molecule has 3 heterocycles. The number of hydrogen-bond donors (Lipinski definition) is 0. The molecule has 28 heavy (non-hydrogen) atoms. The molecule has 0 amide bonds. The summed E-state index contributed by atoms with van der Waals surface area (Å²) in [4.78, 5) is 5.63. The van der Waals surface area contributed by atoms with Gasteiger partial charge in [0.05, 0.1) is 12.2 Å². The number of fused-ring (bicyclic) bond motifs is 1. The number of benzene rings is 2. The summed E-state index contributed by atoms with van der Waals surface area (Å²) in [5.41, 5.74) is 3.09. The number of halogens is 1. The Balaban J connectivity index is 1.44. The monoisotopic (exact) mass is 426 g/mol. The summed E-state index contributed by atoms with van der Waals surface area (Å²) < 4.78 is 10.3. The van der Waals surface area contributed by atoms with Crippen LogP contribution >= 0.6 is 34.9 Å². The predicted molar refractivity (Wildman–Crippen MR) is 114 cm³/mol. The molecule has 0 bridgehead atoms. The first kappa shape index (κ1) is 17.6. The van der Waals surface area contributed by atoms with Crippen molar-refractivity contribution in [2.24, 2.45) is 7.05 Å². The number of hydrogen-bond acceptors (Lipinski definition) is 6. The second-order valence-corrected chi connectivity index (χ2v) is 8.67. The van der Waals surface area contributed by atoms with Crippen LogP contribution in [-0.4, -0.2) is 14.8 Å². The van der Waals surface area contributed by atoms with Crippen LogP contribution in [0.5, 0.6) is 11.5 Å². The summed E-state index contributed by atoms with van der Waals surface area (Å²) in [5.74, 6) is 1.54. The second-order valence-electron chi connectivity index (χ2n) is 6.29. The molecule has 2 aromatic carbocycles. The van der Waals surface area contributed by atoms with Crippen LogP contribution < -0.4 is 9.04 Å². The van der Waals surface area contributed by atoms with Gasteiger partial charge in [-0.2, -0.15) is 5.10 Å². The molecule has 0 aliphatic carbocycles. The van der Waals surface area contributed by atoms with Gasteiger partial charge in [0.1, 0.15) is 11.5 Å². The molecule has 5 rings (SSSR count). The van der Waals surface area contributed by atoms with E-state index in [2.05, 4.69) is 26.5 Å². The first-order valence-corrected chi connectivity index (χ1v) is 10.6. The molecule has 0 N–H and O–H groups in total. The van der Waals surface area contributed by atoms with Gasteiger partial charge in [0.25, 0.3) is 0 Å². The minimum Gasteiger partial charge on any atom is -0.457 e. The Morgan fingerprint density at radius 1 is 1.11 bits per heavy atom. The molecule has 0 atom stereocenters. The minimum atomic E-state index is 0.660. The van der Waals surface area contributed by atoms with Crippen molar-refractivity contribution < 1.29 is 4.74 Å². The van der Waals surface area contributed by atoms with E-state index in [1.807, 2.05) is 53.6 Å². The zero-order chi connectivity index (χ0) is 19.1. The molecular formula is C20H15ClN4OS2. The lowest BCUT2D eigenvalue weighted by molar-refractivity contribution is 0.482. The van der Waals surface area contributed by atoms with E-state index in [-0.39, 0.29) is 0 Å². The van der Waals surface area contributed by atoms with E-state index >= 15 is 0 Å². The normalized spacial score (nSPS) is 13.0. The number of nitrogens with zero attached hydrogens (tertiary/aromatic N) is 4. The summed E-state index contributed by atoms with van der Waals surface area (Å²) in [5, 5.41) is 7.92. The van der Waals surface area contributed by atoms with Crippen molar-refractivity contribution in [3.05, 3.63) is 70.8 Å². The molecule has 1 aliphatic heterocycles. The van der Waals surface area contributed by atoms with E-state index < -0.39 is 0 Å². The third kappa shape index (κ3) is 3.26. The smallest absolute Gasteiger partial charge is 0.195 e. The van der Waals surface area contributed by atoms with Crippen LogP contribution in [0.1, 0.15) is 5.56 Å². The van der Waals surface area contributed by atoms with Crippen LogP contribution in [0.3, 0.4) is 0 Å². The molecule has 0 unspecified atom stereocenters. The molecule has 0 fully saturated rings. The summed E-state index contributed by atoms with van der Waals surface area (Å²) in [6.07, 6.45) is 3.60. The van der Waals surface area contributed by atoms with E-state index in [1.54, 1.807) is 29.5 Å². The van der Waals surface area contributed by atoms with Gasteiger partial charge in [-0.3, -0.25) is 8.99 Å². The number of rotatable bonds is 4. The number of anilines is 1. The highest BCUT2D eigenvalue weighted by atomic mass is 35.5. The quantitative estimate of drug-likeness (QED) is 0.373. The Morgan fingerprint density at radius 2 is 2.04 bits per heavy atom. The Kier molecular flexibility index (Phi) is 4.50. The van der Waals surface area contributed by atoms with Gasteiger partial charge in [0, 0.05) is 40.3 Å². The first-order valence-electron chi connectivity index (χ1n) is 8.61. The maximum Gasteiger partial charge on any atom is 0.195 e. The number of aryl methyl sites for hydroxylation is 1. The molecule has 0 saturated heterocycles. The summed E-state index contributed by atoms with van der Waals surface area (Å²) in [7, 11) is 1.90. The highest BCUT2D eigenvalue weighted by Crippen LogP contribution is 2.42. The molecule has 0 saturated carbocycles. The van der Waals surface area contributed by atoms with E-state index in [4.69, 9.17) is 16.3 Å². The molecule has 0 spiro atoms. The zero-order valence-electron chi connectivity index (χ0n) is 14.9. The number of thiazole rings is 1. The van der Waals surface area contributed by atoms with Crippen molar-refractivity contribution in [1.29, 1.82) is 0 Å². The van der Waals surface area contributed by atoms with Gasteiger partial charge >= 0.3 is 0 Å². The molecule has 2 aromatic heterocycles. The van der Waals surface area contributed by atoms with Gasteiger partial charge in [-0.25, -0.2) is 4.98 Å². The third-order valence-electron chi connectivity index (χ3n) is 4.45. The second kappa shape index (κ2) is 7.16. The Morgan fingerprint density at radius 3 is 2.82 bits per heavy atom. The maximum atomic E-state index is 6.25. The minimum absolute atomic E-state index is 0.660. The van der Waals surface area contributed by atoms with Crippen molar-refractivity contribution >= 4 is 40.0 Å². The highest BCUT2D eigenvalue weighted by Gasteiger charge is 2.23. The van der Waals surface area contributed by atoms with Gasteiger partial charge < -0.3 is 4.74 Å². The molecule has 8 heteroatoms. The lowest BCUT2D eigenvalue weighted by Crippen LogP contribution is -2.06. The van der Waals surface area contributed by atoms with E-state index in [9.17, 15) is 0 Å². The van der Waals surface area contributed by atoms with E-state index in [0.29, 0.717) is 5.02 Å². The van der Waals surface area contributed by atoms with Crippen molar-refractivity contribution in [2.75, 3.05) is 4.31 Å². The third-order valence-corrected chi connectivity index (χ3v) is 6.72. The van der Waals surface area contributed by atoms with Crippen LogP contribution in [0.2, 0.25) is 5.02 Å². The lowest BCUT2D eigenvalue weighted by Gasteiger charge is -2.13. The average Bonchev–Trinajstić information content (AvgIpc) is 3.42. The van der Waals surface area contributed by atoms with Gasteiger partial charge in [-0.1, -0.05) is 11.6 Å². The van der Waals surface area contributed by atoms with Crippen LogP contribution in [0.15, 0.2) is 65.1 Å². The fourth-order valence-corrected chi connectivity index (χ4v) is 5.04. The van der Waals surface area contributed by atoms with Crippen LogP contribution in [0, 0.1) is 0 Å². The topological polar surface area (TPSA) is 43.2 Å². The SMILES string of the molecule is Cn1nccc1-c1cc(Cl)ccc1Oc1ccc2c(c1)CN(c1nccs1)S2.